The molecule has 2 aliphatic rings. The summed E-state index contributed by atoms with van der Waals surface area (Å²) in [7, 11) is 1.66. The fourth-order valence-electron chi connectivity index (χ4n) is 3.95. The van der Waals surface area contributed by atoms with Gasteiger partial charge in [-0.15, -0.1) is 0 Å². The number of rotatable bonds is 3. The van der Waals surface area contributed by atoms with Gasteiger partial charge in [0.25, 0.3) is 5.91 Å². The molecular formula is C21H21NO2. The van der Waals surface area contributed by atoms with Crippen LogP contribution in [-0.2, 0) is 12.1 Å². The van der Waals surface area contributed by atoms with Crippen molar-refractivity contribution in [1.82, 2.24) is 4.90 Å². The van der Waals surface area contributed by atoms with Gasteiger partial charge >= 0.3 is 0 Å². The molecule has 0 radical (unpaired) electrons. The molecule has 1 aliphatic heterocycles. The third-order valence-electron chi connectivity index (χ3n) is 5.17. The first-order valence-electron chi connectivity index (χ1n) is 8.47. The third-order valence-corrected chi connectivity index (χ3v) is 5.17. The number of methoxy groups -OCH3 is 1. The van der Waals surface area contributed by atoms with Crippen LogP contribution in [0, 0.1) is 0 Å². The van der Waals surface area contributed by atoms with Gasteiger partial charge in [-0.1, -0.05) is 42.5 Å². The fourth-order valence-corrected chi connectivity index (χ4v) is 3.95. The number of carbonyl (C=O) groups excluding carboxylic acids is 1. The molecule has 1 spiro atoms. The van der Waals surface area contributed by atoms with E-state index in [1.165, 1.54) is 0 Å². The highest BCUT2D eigenvalue weighted by Gasteiger charge is 2.47. The molecule has 2 aromatic carbocycles. The molecule has 0 N–H and O–H groups in total. The first-order chi connectivity index (χ1) is 11.7. The smallest absolute Gasteiger partial charge is 0.255 e. The van der Waals surface area contributed by atoms with E-state index >= 15 is 0 Å². The normalized spacial score (nSPS) is 22.0. The van der Waals surface area contributed by atoms with Crippen molar-refractivity contribution >= 4 is 5.91 Å². The lowest BCUT2D eigenvalue weighted by atomic mass is 9.81. The predicted molar refractivity (Wildman–Crippen MR) is 94.0 cm³/mol. The van der Waals surface area contributed by atoms with Gasteiger partial charge in [0.15, 0.2) is 0 Å². The number of nitrogens with zero attached hydrogens (tertiary/aromatic N) is 1. The van der Waals surface area contributed by atoms with E-state index in [1.807, 2.05) is 47.4 Å². The maximum Gasteiger partial charge on any atom is 0.255 e. The Morgan fingerprint density at radius 1 is 1.12 bits per heavy atom. The number of hydrogen-bond acceptors (Lipinski definition) is 2. The molecule has 1 atom stereocenters. The molecule has 3 nitrogen and oxygen atoms in total. The van der Waals surface area contributed by atoms with Crippen LogP contribution in [0.15, 0.2) is 60.7 Å². The van der Waals surface area contributed by atoms with E-state index in [-0.39, 0.29) is 11.4 Å². The average molecular weight is 319 g/mol. The number of fused-ring (bicyclic) bond motifs is 2. The van der Waals surface area contributed by atoms with Crippen molar-refractivity contribution < 1.29 is 9.53 Å². The second kappa shape index (κ2) is 5.82. The summed E-state index contributed by atoms with van der Waals surface area (Å²) in [6, 6.07) is 16.0. The Morgan fingerprint density at radius 3 is 2.62 bits per heavy atom. The Kier molecular flexibility index (Phi) is 3.64. The molecule has 2 aromatic rings. The molecule has 24 heavy (non-hydrogen) atoms. The topological polar surface area (TPSA) is 29.5 Å². The zero-order valence-corrected chi connectivity index (χ0v) is 13.9. The van der Waals surface area contributed by atoms with E-state index in [1.54, 1.807) is 7.11 Å². The van der Waals surface area contributed by atoms with Gasteiger partial charge in [0.1, 0.15) is 5.75 Å². The van der Waals surface area contributed by atoms with E-state index in [0.29, 0.717) is 6.54 Å². The highest BCUT2D eigenvalue weighted by molar-refractivity contribution is 6.00. The SMILES string of the molecule is COc1ccc(CN2C(=O)c3ccccc3C23C=CCCC3)cc1. The molecule has 1 aliphatic carbocycles. The molecule has 3 heteroatoms. The van der Waals surface area contributed by atoms with Crippen LogP contribution in [-0.4, -0.2) is 17.9 Å². The molecule has 0 saturated carbocycles. The third kappa shape index (κ3) is 2.23. The summed E-state index contributed by atoms with van der Waals surface area (Å²) in [6.07, 6.45) is 7.65. The Bertz CT molecular complexity index is 794. The molecular weight excluding hydrogens is 298 g/mol. The Morgan fingerprint density at radius 2 is 1.92 bits per heavy atom. The summed E-state index contributed by atoms with van der Waals surface area (Å²) in [5.74, 6) is 0.968. The zero-order chi connectivity index (χ0) is 16.6. The highest BCUT2D eigenvalue weighted by Crippen LogP contribution is 2.46. The summed E-state index contributed by atoms with van der Waals surface area (Å²) in [5, 5.41) is 0. The maximum atomic E-state index is 13.1. The minimum Gasteiger partial charge on any atom is -0.497 e. The number of carbonyl (C=O) groups is 1. The van der Waals surface area contributed by atoms with Gasteiger partial charge in [-0.2, -0.15) is 0 Å². The van der Waals surface area contributed by atoms with Crippen molar-refractivity contribution in [1.29, 1.82) is 0 Å². The Hall–Kier alpha value is -2.55. The molecule has 122 valence electrons. The molecule has 0 aromatic heterocycles. The minimum atomic E-state index is -0.286. The minimum absolute atomic E-state index is 0.132. The molecule has 1 heterocycles. The first kappa shape index (κ1) is 15.0. The number of amides is 1. The van der Waals surface area contributed by atoms with Crippen molar-refractivity contribution in [3.05, 3.63) is 77.4 Å². The summed E-state index contributed by atoms with van der Waals surface area (Å²) in [6.45, 7) is 0.613. The molecule has 0 fully saturated rings. The van der Waals surface area contributed by atoms with Gasteiger partial charge in [0.05, 0.1) is 12.6 Å². The van der Waals surface area contributed by atoms with Gasteiger partial charge < -0.3 is 9.64 Å². The summed E-state index contributed by atoms with van der Waals surface area (Å²) in [5.41, 5.74) is 2.83. The monoisotopic (exact) mass is 319 g/mol. The molecule has 1 unspecified atom stereocenters. The van der Waals surface area contributed by atoms with Crippen molar-refractivity contribution in [2.75, 3.05) is 7.11 Å². The van der Waals surface area contributed by atoms with Gasteiger partial charge in [0, 0.05) is 12.1 Å². The van der Waals surface area contributed by atoms with Crippen LogP contribution < -0.4 is 4.74 Å². The molecule has 0 bridgehead atoms. The first-order valence-corrected chi connectivity index (χ1v) is 8.47. The van der Waals surface area contributed by atoms with Crippen molar-refractivity contribution in [2.45, 2.75) is 31.3 Å². The molecule has 0 saturated heterocycles. The van der Waals surface area contributed by atoms with Gasteiger partial charge in [-0.3, -0.25) is 4.79 Å². The average Bonchev–Trinajstić information content (AvgIpc) is 2.86. The largest absolute Gasteiger partial charge is 0.497 e. The fraction of sp³-hybridized carbons (Fsp3) is 0.286. The van der Waals surface area contributed by atoms with E-state index in [9.17, 15) is 4.79 Å². The van der Waals surface area contributed by atoms with E-state index in [2.05, 4.69) is 18.2 Å². The van der Waals surface area contributed by atoms with Crippen molar-refractivity contribution in [3.63, 3.8) is 0 Å². The summed E-state index contributed by atoms with van der Waals surface area (Å²) < 4.78 is 5.23. The van der Waals surface area contributed by atoms with Crippen LogP contribution >= 0.6 is 0 Å². The van der Waals surface area contributed by atoms with Gasteiger partial charge in [-0.05, 0) is 48.6 Å². The highest BCUT2D eigenvalue weighted by atomic mass is 16.5. The van der Waals surface area contributed by atoms with Gasteiger partial charge in [0.2, 0.25) is 0 Å². The number of benzene rings is 2. The van der Waals surface area contributed by atoms with Crippen LogP contribution in [0.25, 0.3) is 0 Å². The van der Waals surface area contributed by atoms with Crippen LogP contribution in [0.2, 0.25) is 0 Å². The number of allylic oxidation sites excluding steroid dienone is 1. The summed E-state index contributed by atoms with van der Waals surface area (Å²) in [4.78, 5) is 15.1. The van der Waals surface area contributed by atoms with Crippen molar-refractivity contribution in [2.24, 2.45) is 0 Å². The van der Waals surface area contributed by atoms with E-state index in [4.69, 9.17) is 4.74 Å². The lowest BCUT2D eigenvalue weighted by Crippen LogP contribution is -2.42. The maximum absolute atomic E-state index is 13.1. The number of hydrogen-bond donors (Lipinski definition) is 0. The second-order valence-corrected chi connectivity index (χ2v) is 6.50. The van der Waals surface area contributed by atoms with Crippen LogP contribution in [0.5, 0.6) is 5.75 Å². The standard InChI is InChI=1S/C21H21NO2/c1-24-17-11-9-16(10-12-17)15-22-20(23)18-7-3-4-8-19(18)21(22)13-5-2-6-14-21/h3-5,7-13H,2,6,14-15H2,1H3. The summed E-state index contributed by atoms with van der Waals surface area (Å²) >= 11 is 0. The lowest BCUT2D eigenvalue weighted by Gasteiger charge is -2.39. The van der Waals surface area contributed by atoms with Gasteiger partial charge in [-0.25, -0.2) is 0 Å². The molecule has 4 rings (SSSR count). The zero-order valence-electron chi connectivity index (χ0n) is 13.9. The van der Waals surface area contributed by atoms with Crippen LogP contribution in [0.4, 0.5) is 0 Å². The quantitative estimate of drug-likeness (QED) is 0.790. The number of ether oxygens (including phenoxy) is 1. The lowest BCUT2D eigenvalue weighted by molar-refractivity contribution is 0.0586. The Balaban J connectivity index is 1.74. The van der Waals surface area contributed by atoms with Crippen molar-refractivity contribution in [3.8, 4) is 5.75 Å². The van der Waals surface area contributed by atoms with Crippen LogP contribution in [0.3, 0.4) is 0 Å². The van der Waals surface area contributed by atoms with E-state index in [0.717, 1.165) is 41.7 Å². The van der Waals surface area contributed by atoms with E-state index < -0.39 is 0 Å². The van der Waals surface area contributed by atoms with Crippen LogP contribution in [0.1, 0.15) is 40.7 Å². The second-order valence-electron chi connectivity index (χ2n) is 6.50. The Labute approximate surface area is 142 Å². The molecule has 1 amide bonds. The predicted octanol–water partition coefficient (Wildman–Crippen LogP) is 4.29.